The Kier molecular flexibility index (Phi) is 6.21. The van der Waals surface area contributed by atoms with Crippen molar-refractivity contribution >= 4 is 34.1 Å². The fraction of sp³-hybridized carbons (Fsp3) is 0.611. The van der Waals surface area contributed by atoms with Gasteiger partial charge in [0.15, 0.2) is 0 Å². The zero-order chi connectivity index (χ0) is 18.6. The predicted octanol–water partition coefficient (Wildman–Crippen LogP) is 2.90. The number of amides is 2. The number of nitrogens with one attached hydrogen (secondary N) is 2. The van der Waals surface area contributed by atoms with E-state index < -0.39 is 11.4 Å². The zero-order valence-corrected chi connectivity index (χ0v) is 16.1. The van der Waals surface area contributed by atoms with E-state index in [9.17, 15) is 14.4 Å². The van der Waals surface area contributed by atoms with E-state index in [4.69, 9.17) is 4.74 Å². The van der Waals surface area contributed by atoms with Crippen molar-refractivity contribution in [2.75, 3.05) is 19.0 Å². The lowest BCUT2D eigenvalue weighted by molar-refractivity contribution is -0.128. The number of methoxy groups -OCH3 is 1. The Morgan fingerprint density at radius 2 is 1.84 bits per heavy atom. The van der Waals surface area contributed by atoms with Crippen LogP contribution in [0, 0.1) is 5.41 Å². The minimum absolute atomic E-state index is 0.0952. The fourth-order valence-electron chi connectivity index (χ4n) is 2.72. The quantitative estimate of drug-likeness (QED) is 0.785. The van der Waals surface area contributed by atoms with Gasteiger partial charge in [-0.2, -0.15) is 0 Å². The van der Waals surface area contributed by atoms with Gasteiger partial charge < -0.3 is 15.4 Å². The Morgan fingerprint density at radius 3 is 2.48 bits per heavy atom. The standard InChI is InChI=1S/C18H26N2O4S/c1-18(2,3)17(23)19-10-9-13(21)20-15-14(16(22)24-4)11-7-5-6-8-12(11)25-15/h5-10H2,1-4H3,(H,19,23)(H,20,21). The van der Waals surface area contributed by atoms with Crippen LogP contribution >= 0.6 is 11.3 Å². The van der Waals surface area contributed by atoms with Gasteiger partial charge in [0.1, 0.15) is 5.00 Å². The first-order chi connectivity index (χ1) is 11.7. The van der Waals surface area contributed by atoms with Crippen LogP contribution in [0.15, 0.2) is 0 Å². The third-order valence-electron chi connectivity index (χ3n) is 4.13. The molecular weight excluding hydrogens is 340 g/mol. The van der Waals surface area contributed by atoms with Crippen molar-refractivity contribution in [2.45, 2.75) is 52.9 Å². The second-order valence-electron chi connectivity index (χ2n) is 7.21. The van der Waals surface area contributed by atoms with Crippen LogP contribution in [0.4, 0.5) is 5.00 Å². The smallest absolute Gasteiger partial charge is 0.341 e. The van der Waals surface area contributed by atoms with Crippen LogP contribution in [0.1, 0.15) is 60.8 Å². The number of ether oxygens (including phenoxy) is 1. The van der Waals surface area contributed by atoms with Crippen molar-refractivity contribution < 1.29 is 19.1 Å². The lowest BCUT2D eigenvalue weighted by Gasteiger charge is -2.17. The fourth-order valence-corrected chi connectivity index (χ4v) is 4.01. The Balaban J connectivity index is 2.02. The number of hydrogen-bond donors (Lipinski definition) is 2. The van der Waals surface area contributed by atoms with E-state index >= 15 is 0 Å². The van der Waals surface area contributed by atoms with Crippen molar-refractivity contribution in [1.82, 2.24) is 5.32 Å². The van der Waals surface area contributed by atoms with Gasteiger partial charge in [-0.1, -0.05) is 20.8 Å². The first kappa shape index (κ1) is 19.4. The molecule has 0 atom stereocenters. The largest absolute Gasteiger partial charge is 0.465 e. The minimum Gasteiger partial charge on any atom is -0.465 e. The summed E-state index contributed by atoms with van der Waals surface area (Å²) in [5.41, 5.74) is 1.02. The molecule has 1 aliphatic rings. The number of rotatable bonds is 5. The molecule has 0 bridgehead atoms. The van der Waals surface area contributed by atoms with E-state index in [2.05, 4.69) is 10.6 Å². The third kappa shape index (κ3) is 4.81. The molecule has 1 aromatic heterocycles. The maximum Gasteiger partial charge on any atom is 0.341 e. The van der Waals surface area contributed by atoms with Crippen molar-refractivity contribution in [1.29, 1.82) is 0 Å². The molecule has 0 unspecified atom stereocenters. The lowest BCUT2D eigenvalue weighted by atomic mass is 9.95. The Morgan fingerprint density at radius 1 is 1.16 bits per heavy atom. The van der Waals surface area contributed by atoms with Crippen molar-refractivity contribution in [3.05, 3.63) is 16.0 Å². The van der Waals surface area contributed by atoms with Crippen LogP contribution in [-0.4, -0.2) is 31.4 Å². The Hall–Kier alpha value is -1.89. The molecule has 0 aliphatic heterocycles. The van der Waals surface area contributed by atoms with Crippen LogP contribution in [0.3, 0.4) is 0 Å². The molecule has 0 saturated carbocycles. The third-order valence-corrected chi connectivity index (χ3v) is 5.34. The minimum atomic E-state index is -0.485. The number of carbonyl (C=O) groups excluding carboxylic acids is 3. The van der Waals surface area contributed by atoms with E-state index in [0.29, 0.717) is 10.6 Å². The van der Waals surface area contributed by atoms with E-state index in [1.807, 2.05) is 20.8 Å². The average molecular weight is 366 g/mol. The second-order valence-corrected chi connectivity index (χ2v) is 8.32. The molecule has 0 fully saturated rings. The molecule has 25 heavy (non-hydrogen) atoms. The van der Waals surface area contributed by atoms with E-state index in [0.717, 1.165) is 36.1 Å². The van der Waals surface area contributed by atoms with Crippen molar-refractivity contribution in [3.8, 4) is 0 Å². The van der Waals surface area contributed by atoms with Gasteiger partial charge in [-0.05, 0) is 31.2 Å². The summed E-state index contributed by atoms with van der Waals surface area (Å²) in [6.07, 6.45) is 4.07. The van der Waals surface area contributed by atoms with Gasteiger partial charge in [-0.25, -0.2) is 4.79 Å². The highest BCUT2D eigenvalue weighted by molar-refractivity contribution is 7.17. The summed E-state index contributed by atoms with van der Waals surface area (Å²) in [5.74, 6) is -0.726. The van der Waals surface area contributed by atoms with Gasteiger partial charge in [0.25, 0.3) is 0 Å². The first-order valence-electron chi connectivity index (χ1n) is 8.55. The van der Waals surface area contributed by atoms with Crippen molar-refractivity contribution in [2.24, 2.45) is 5.41 Å². The van der Waals surface area contributed by atoms with Gasteiger partial charge in [0.2, 0.25) is 11.8 Å². The molecular formula is C18H26N2O4S. The highest BCUT2D eigenvalue weighted by atomic mass is 32.1. The van der Waals surface area contributed by atoms with Gasteiger partial charge in [-0.3, -0.25) is 9.59 Å². The van der Waals surface area contributed by atoms with E-state index in [1.165, 1.54) is 18.4 Å². The Bertz CT molecular complexity index is 673. The molecule has 1 aliphatic carbocycles. The molecule has 7 heteroatoms. The molecule has 2 N–H and O–H groups in total. The topological polar surface area (TPSA) is 84.5 Å². The van der Waals surface area contributed by atoms with Gasteiger partial charge in [0, 0.05) is 23.3 Å². The van der Waals surface area contributed by atoms with Crippen LogP contribution in [0.5, 0.6) is 0 Å². The second kappa shape index (κ2) is 7.99. The molecule has 0 spiro atoms. The zero-order valence-electron chi connectivity index (χ0n) is 15.3. The van der Waals surface area contributed by atoms with Gasteiger partial charge in [0.05, 0.1) is 12.7 Å². The van der Waals surface area contributed by atoms with Crippen LogP contribution in [-0.2, 0) is 27.2 Å². The highest BCUT2D eigenvalue weighted by Crippen LogP contribution is 2.38. The van der Waals surface area contributed by atoms with Crippen molar-refractivity contribution in [3.63, 3.8) is 0 Å². The Labute approximate surface area is 152 Å². The number of fused-ring (bicyclic) bond motifs is 1. The summed E-state index contributed by atoms with van der Waals surface area (Å²) in [7, 11) is 1.35. The maximum atomic E-state index is 12.2. The van der Waals surface area contributed by atoms with Crippen LogP contribution in [0.25, 0.3) is 0 Å². The summed E-state index contributed by atoms with van der Waals surface area (Å²) in [6, 6.07) is 0. The number of carbonyl (C=O) groups is 3. The van der Waals surface area contributed by atoms with E-state index in [-0.39, 0.29) is 24.8 Å². The van der Waals surface area contributed by atoms with E-state index in [1.54, 1.807) is 0 Å². The maximum absolute atomic E-state index is 12.2. The molecule has 2 amide bonds. The lowest BCUT2D eigenvalue weighted by Crippen LogP contribution is -2.36. The highest BCUT2D eigenvalue weighted by Gasteiger charge is 2.27. The molecule has 0 saturated heterocycles. The number of anilines is 1. The molecule has 1 heterocycles. The summed E-state index contributed by atoms with van der Waals surface area (Å²) in [4.78, 5) is 37.3. The van der Waals surface area contributed by atoms with Crippen LogP contribution < -0.4 is 10.6 Å². The van der Waals surface area contributed by atoms with Crippen LogP contribution in [0.2, 0.25) is 0 Å². The summed E-state index contributed by atoms with van der Waals surface area (Å²) >= 11 is 1.46. The van der Waals surface area contributed by atoms with Gasteiger partial charge >= 0.3 is 5.97 Å². The predicted molar refractivity (Wildman–Crippen MR) is 98.0 cm³/mol. The number of thiophene rings is 1. The molecule has 2 rings (SSSR count). The summed E-state index contributed by atoms with van der Waals surface area (Å²) in [5, 5.41) is 6.13. The molecule has 0 radical (unpaired) electrons. The summed E-state index contributed by atoms with van der Waals surface area (Å²) < 4.78 is 4.89. The number of esters is 1. The normalized spacial score (nSPS) is 13.8. The first-order valence-corrected chi connectivity index (χ1v) is 9.36. The van der Waals surface area contributed by atoms with Gasteiger partial charge in [-0.15, -0.1) is 11.3 Å². The monoisotopic (exact) mass is 366 g/mol. The summed E-state index contributed by atoms with van der Waals surface area (Å²) in [6.45, 7) is 5.73. The molecule has 6 nitrogen and oxygen atoms in total. The molecule has 138 valence electrons. The SMILES string of the molecule is COC(=O)c1c(NC(=O)CCNC(=O)C(C)(C)C)sc2c1CCCC2. The molecule has 1 aromatic rings. The number of aryl methyl sites for hydroxylation is 1. The number of hydrogen-bond acceptors (Lipinski definition) is 5. The molecule has 0 aromatic carbocycles. The average Bonchev–Trinajstić information content (AvgIpc) is 2.90.